The normalized spacial score (nSPS) is 26.3. The van der Waals surface area contributed by atoms with Crippen molar-refractivity contribution in [3.05, 3.63) is 29.8 Å². The summed E-state index contributed by atoms with van der Waals surface area (Å²) in [5, 5.41) is 3.01. The number of nitrogens with zero attached hydrogens (tertiary/aromatic N) is 1. The van der Waals surface area contributed by atoms with Gasteiger partial charge in [0.1, 0.15) is 11.3 Å². The summed E-state index contributed by atoms with van der Waals surface area (Å²) < 4.78 is 10.8. The van der Waals surface area contributed by atoms with Gasteiger partial charge in [0.25, 0.3) is 5.91 Å². The molecule has 1 aromatic carbocycles. The molecule has 1 spiro atoms. The van der Waals surface area contributed by atoms with Crippen molar-refractivity contribution >= 4 is 11.9 Å². The Labute approximate surface area is 161 Å². The van der Waals surface area contributed by atoms with E-state index >= 15 is 0 Å². The first-order valence-electron chi connectivity index (χ1n) is 9.92. The summed E-state index contributed by atoms with van der Waals surface area (Å²) in [4.78, 5) is 27.5. The highest BCUT2D eigenvalue weighted by molar-refractivity contribution is 6.07. The Hall–Kier alpha value is -2.08. The molecule has 0 aromatic heterocycles. The third-order valence-electron chi connectivity index (χ3n) is 5.94. The zero-order valence-electron chi connectivity index (χ0n) is 16.5. The number of ether oxygens (including phenoxy) is 2. The summed E-state index contributed by atoms with van der Waals surface area (Å²) in [6, 6.07) is 6.76. The van der Waals surface area contributed by atoms with Crippen LogP contribution in [0.3, 0.4) is 0 Å². The molecule has 1 aromatic rings. The Morgan fingerprint density at radius 2 is 1.85 bits per heavy atom. The minimum absolute atomic E-state index is 0.113. The number of methoxy groups -OCH3 is 1. The molecule has 1 saturated heterocycles. The number of amides is 3. The maximum atomic E-state index is 13.3. The van der Waals surface area contributed by atoms with Crippen molar-refractivity contribution in [2.45, 2.75) is 57.5 Å². The Morgan fingerprint density at radius 1 is 1.19 bits per heavy atom. The largest absolute Gasteiger partial charge is 0.494 e. The lowest BCUT2D eigenvalue weighted by Gasteiger charge is -2.35. The minimum atomic E-state index is -0.736. The molecule has 1 aliphatic carbocycles. The number of imide groups is 1. The lowest BCUT2D eigenvalue weighted by atomic mass is 9.75. The topological polar surface area (TPSA) is 67.9 Å². The van der Waals surface area contributed by atoms with Crippen LogP contribution in [-0.4, -0.2) is 42.7 Å². The van der Waals surface area contributed by atoms with Gasteiger partial charge in [-0.1, -0.05) is 25.5 Å². The van der Waals surface area contributed by atoms with Crippen LogP contribution >= 0.6 is 0 Å². The smallest absolute Gasteiger partial charge is 0.325 e. The van der Waals surface area contributed by atoms with Crippen molar-refractivity contribution in [1.29, 1.82) is 0 Å². The van der Waals surface area contributed by atoms with Crippen molar-refractivity contribution in [2.24, 2.45) is 5.92 Å². The minimum Gasteiger partial charge on any atom is -0.494 e. The summed E-state index contributed by atoms with van der Waals surface area (Å²) in [5.74, 6) is 1.30. The van der Waals surface area contributed by atoms with Crippen LogP contribution in [0, 0.1) is 5.92 Å². The first-order valence-corrected chi connectivity index (χ1v) is 9.92. The van der Waals surface area contributed by atoms with Gasteiger partial charge >= 0.3 is 6.03 Å². The zero-order valence-corrected chi connectivity index (χ0v) is 16.5. The maximum Gasteiger partial charge on any atom is 0.325 e. The first kappa shape index (κ1) is 19.7. The van der Waals surface area contributed by atoms with E-state index in [4.69, 9.17) is 9.47 Å². The molecule has 1 heterocycles. The van der Waals surface area contributed by atoms with Gasteiger partial charge in [-0.2, -0.15) is 0 Å². The van der Waals surface area contributed by atoms with Crippen LogP contribution in [-0.2, 0) is 9.53 Å². The summed E-state index contributed by atoms with van der Waals surface area (Å²) in [6.07, 6.45) is 4.52. The summed E-state index contributed by atoms with van der Waals surface area (Å²) in [7, 11) is 1.59. The number of carbonyl (C=O) groups is 2. The predicted molar refractivity (Wildman–Crippen MR) is 103 cm³/mol. The van der Waals surface area contributed by atoms with Crippen LogP contribution in [0.4, 0.5) is 4.79 Å². The third-order valence-corrected chi connectivity index (χ3v) is 5.94. The second-order valence-electron chi connectivity index (χ2n) is 7.51. The monoisotopic (exact) mass is 374 g/mol. The van der Waals surface area contributed by atoms with Crippen molar-refractivity contribution in [2.75, 3.05) is 20.3 Å². The Bertz CT molecular complexity index is 665. The molecule has 3 amide bonds. The molecule has 1 atom stereocenters. The van der Waals surface area contributed by atoms with Crippen LogP contribution in [0.25, 0.3) is 0 Å². The lowest BCUT2D eigenvalue weighted by Crippen LogP contribution is -2.49. The van der Waals surface area contributed by atoms with E-state index in [9.17, 15) is 9.59 Å². The summed E-state index contributed by atoms with van der Waals surface area (Å²) in [6.45, 7) is 4.97. The molecule has 0 radical (unpaired) electrons. The molecule has 2 aliphatic rings. The Morgan fingerprint density at radius 3 is 2.41 bits per heavy atom. The van der Waals surface area contributed by atoms with E-state index in [1.54, 1.807) is 7.11 Å². The zero-order chi connectivity index (χ0) is 19.4. The quantitative estimate of drug-likeness (QED) is 0.740. The van der Waals surface area contributed by atoms with Crippen LogP contribution in [0.1, 0.15) is 57.6 Å². The second kappa shape index (κ2) is 8.30. The van der Waals surface area contributed by atoms with Gasteiger partial charge in [-0.25, -0.2) is 4.79 Å². The molecule has 0 bridgehead atoms. The van der Waals surface area contributed by atoms with Crippen molar-refractivity contribution in [3.8, 4) is 5.75 Å². The molecule has 6 heteroatoms. The fraction of sp³-hybridized carbons (Fsp3) is 0.619. The Balaban J connectivity index is 1.83. The van der Waals surface area contributed by atoms with E-state index in [0.29, 0.717) is 12.5 Å². The number of benzene rings is 1. The molecule has 1 N–H and O–H groups in total. The fourth-order valence-electron chi connectivity index (χ4n) is 4.27. The molecular weight excluding hydrogens is 344 g/mol. The van der Waals surface area contributed by atoms with Crippen molar-refractivity contribution in [1.82, 2.24) is 10.2 Å². The standard InChI is InChI=1S/C21H30N2O4/c1-4-15-10-12-21(13-11-15)19(24)23(20(25)22-21)18(14-26-3)16-6-8-17(9-7-16)27-5-2/h6-9,15,18H,4-5,10-14H2,1-3H3,(H,22,25)/t15?,18-,21?/m0/s1. The number of urea groups is 1. The number of carbonyl (C=O) groups excluding carboxylic acids is 2. The van der Waals surface area contributed by atoms with Gasteiger partial charge in [-0.3, -0.25) is 9.69 Å². The molecule has 0 unspecified atom stereocenters. The van der Waals surface area contributed by atoms with Gasteiger partial charge in [0.2, 0.25) is 0 Å². The number of hydrogen-bond acceptors (Lipinski definition) is 4. The lowest BCUT2D eigenvalue weighted by molar-refractivity contribution is -0.135. The third kappa shape index (κ3) is 3.81. The molecule has 2 fully saturated rings. The highest BCUT2D eigenvalue weighted by Gasteiger charge is 2.54. The van der Waals surface area contributed by atoms with Crippen LogP contribution in [0.2, 0.25) is 0 Å². The molecule has 6 nitrogen and oxygen atoms in total. The first-order chi connectivity index (χ1) is 13.0. The molecule has 1 saturated carbocycles. The van der Waals surface area contributed by atoms with E-state index in [0.717, 1.165) is 43.4 Å². The molecular formula is C21H30N2O4. The van der Waals surface area contributed by atoms with Crippen LogP contribution in [0.5, 0.6) is 5.75 Å². The van der Waals surface area contributed by atoms with Crippen LogP contribution in [0.15, 0.2) is 24.3 Å². The average Bonchev–Trinajstić information content (AvgIpc) is 2.91. The van der Waals surface area contributed by atoms with Gasteiger partial charge in [0.05, 0.1) is 19.3 Å². The van der Waals surface area contributed by atoms with Gasteiger partial charge in [0, 0.05) is 7.11 Å². The number of nitrogens with one attached hydrogen (secondary N) is 1. The van der Waals surface area contributed by atoms with Crippen molar-refractivity contribution in [3.63, 3.8) is 0 Å². The van der Waals surface area contributed by atoms with Gasteiger partial charge < -0.3 is 14.8 Å². The molecule has 3 rings (SSSR count). The second-order valence-corrected chi connectivity index (χ2v) is 7.51. The SMILES string of the molecule is CCOc1ccc([C@H](COC)N2C(=O)NC3(CCC(CC)CC3)C2=O)cc1. The van der Waals surface area contributed by atoms with E-state index in [1.165, 1.54) is 4.90 Å². The van der Waals surface area contributed by atoms with E-state index < -0.39 is 11.6 Å². The maximum absolute atomic E-state index is 13.3. The average molecular weight is 374 g/mol. The Kier molecular flexibility index (Phi) is 6.05. The van der Waals surface area contributed by atoms with E-state index in [1.807, 2.05) is 31.2 Å². The highest BCUT2D eigenvalue weighted by atomic mass is 16.5. The molecule has 27 heavy (non-hydrogen) atoms. The molecule has 1 aliphatic heterocycles. The van der Waals surface area contributed by atoms with E-state index in [2.05, 4.69) is 12.2 Å². The fourth-order valence-corrected chi connectivity index (χ4v) is 4.27. The van der Waals surface area contributed by atoms with E-state index in [-0.39, 0.29) is 18.5 Å². The van der Waals surface area contributed by atoms with Crippen LogP contribution < -0.4 is 10.1 Å². The van der Waals surface area contributed by atoms with Crippen molar-refractivity contribution < 1.29 is 19.1 Å². The molecule has 148 valence electrons. The number of rotatable bonds is 7. The summed E-state index contributed by atoms with van der Waals surface area (Å²) >= 11 is 0. The summed E-state index contributed by atoms with van der Waals surface area (Å²) in [5.41, 5.74) is 0.128. The number of hydrogen-bond donors (Lipinski definition) is 1. The highest BCUT2D eigenvalue weighted by Crippen LogP contribution is 2.40. The predicted octanol–water partition coefficient (Wildman–Crippen LogP) is 3.66. The van der Waals surface area contributed by atoms with Gasteiger partial charge in [-0.05, 0) is 56.2 Å². The van der Waals surface area contributed by atoms with Gasteiger partial charge in [0.15, 0.2) is 0 Å². The van der Waals surface area contributed by atoms with Gasteiger partial charge in [-0.15, -0.1) is 0 Å².